The van der Waals surface area contributed by atoms with Gasteiger partial charge in [0.15, 0.2) is 0 Å². The van der Waals surface area contributed by atoms with Gasteiger partial charge in [0.25, 0.3) is 0 Å². The third-order valence-corrected chi connectivity index (χ3v) is 6.63. The van der Waals surface area contributed by atoms with Gasteiger partial charge in [-0.1, -0.05) is 41.4 Å². The van der Waals surface area contributed by atoms with E-state index < -0.39 is 10.0 Å². The number of rotatable bonds is 4. The summed E-state index contributed by atoms with van der Waals surface area (Å²) < 4.78 is 26.8. The van der Waals surface area contributed by atoms with Crippen LogP contribution in [0.4, 0.5) is 0 Å². The van der Waals surface area contributed by atoms with Crippen LogP contribution in [-0.4, -0.2) is 49.7 Å². The molecule has 0 unspecified atom stereocenters. The summed E-state index contributed by atoms with van der Waals surface area (Å²) >= 11 is 5.83. The van der Waals surface area contributed by atoms with Crippen molar-refractivity contribution in [3.8, 4) is 0 Å². The average Bonchev–Trinajstić information content (AvgIpc) is 2.66. The maximum absolute atomic E-state index is 12.7. The van der Waals surface area contributed by atoms with Crippen LogP contribution < -0.4 is 0 Å². The largest absolute Gasteiger partial charge is 0.337 e. The molecule has 0 saturated carbocycles. The van der Waals surface area contributed by atoms with Crippen molar-refractivity contribution in [1.29, 1.82) is 0 Å². The van der Waals surface area contributed by atoms with Crippen LogP contribution in [0.3, 0.4) is 0 Å². The van der Waals surface area contributed by atoms with E-state index in [4.69, 9.17) is 11.6 Å². The lowest BCUT2D eigenvalue weighted by Crippen LogP contribution is -2.50. The number of sulfonamides is 1. The summed E-state index contributed by atoms with van der Waals surface area (Å²) in [5, 5.41) is 0.491. The van der Waals surface area contributed by atoms with Gasteiger partial charge in [-0.3, -0.25) is 4.79 Å². The van der Waals surface area contributed by atoms with Crippen molar-refractivity contribution in [3.63, 3.8) is 0 Å². The molecule has 0 radical (unpaired) electrons. The van der Waals surface area contributed by atoms with E-state index in [2.05, 4.69) is 0 Å². The molecule has 0 bridgehead atoms. The number of piperazine rings is 1. The lowest BCUT2D eigenvalue weighted by atomic mass is 10.1. The number of carbonyl (C=O) groups excluding carboxylic acids is 1. The van der Waals surface area contributed by atoms with Crippen molar-refractivity contribution in [1.82, 2.24) is 9.21 Å². The second-order valence-corrected chi connectivity index (χ2v) is 8.81. The molecule has 0 atom stereocenters. The van der Waals surface area contributed by atoms with Crippen molar-refractivity contribution >= 4 is 33.6 Å². The van der Waals surface area contributed by atoms with Crippen LogP contribution in [-0.2, 0) is 14.8 Å². The molecule has 0 aromatic heterocycles. The number of nitrogens with zero attached hydrogens (tertiary/aromatic N) is 2. The Kier molecular flexibility index (Phi) is 5.99. The fourth-order valence-corrected chi connectivity index (χ4v) is 4.50. The summed E-state index contributed by atoms with van der Waals surface area (Å²) in [6.07, 6.45) is 3.32. The Labute approximate surface area is 164 Å². The molecular formula is C20H21ClN2O3S. The van der Waals surface area contributed by atoms with Gasteiger partial charge in [-0.05, 0) is 42.8 Å². The van der Waals surface area contributed by atoms with E-state index in [1.807, 2.05) is 31.2 Å². The second-order valence-electron chi connectivity index (χ2n) is 6.43. The van der Waals surface area contributed by atoms with Crippen LogP contribution >= 0.6 is 11.6 Å². The molecule has 1 saturated heterocycles. The fraction of sp³-hybridized carbons (Fsp3) is 0.250. The molecule has 3 rings (SSSR count). The summed E-state index contributed by atoms with van der Waals surface area (Å²) in [4.78, 5) is 14.3. The minimum Gasteiger partial charge on any atom is -0.337 e. The predicted octanol–water partition coefficient (Wildman–Crippen LogP) is 3.19. The SMILES string of the molecule is Cc1cccc(/C=C/C(=O)N2CCN(S(=O)(=O)c3ccc(Cl)cc3)CC2)c1. The van der Waals surface area contributed by atoms with E-state index in [-0.39, 0.29) is 23.9 Å². The molecule has 0 N–H and O–H groups in total. The number of aryl methyl sites for hydroxylation is 1. The first-order chi connectivity index (χ1) is 12.9. The minimum atomic E-state index is -3.57. The smallest absolute Gasteiger partial charge is 0.246 e. The van der Waals surface area contributed by atoms with Gasteiger partial charge in [-0.25, -0.2) is 8.42 Å². The predicted molar refractivity (Wildman–Crippen MR) is 107 cm³/mol. The number of benzene rings is 2. The van der Waals surface area contributed by atoms with Gasteiger partial charge >= 0.3 is 0 Å². The summed E-state index contributed by atoms with van der Waals surface area (Å²) in [7, 11) is -3.57. The van der Waals surface area contributed by atoms with E-state index >= 15 is 0 Å². The molecule has 7 heteroatoms. The highest BCUT2D eigenvalue weighted by Gasteiger charge is 2.29. The van der Waals surface area contributed by atoms with Crippen LogP contribution in [0.2, 0.25) is 5.02 Å². The summed E-state index contributed by atoms with van der Waals surface area (Å²) in [5.41, 5.74) is 2.10. The molecule has 1 heterocycles. The fourth-order valence-electron chi connectivity index (χ4n) is 2.95. The first kappa shape index (κ1) is 19.6. The molecule has 0 aliphatic carbocycles. The molecule has 1 amide bonds. The second kappa shape index (κ2) is 8.25. The zero-order valence-electron chi connectivity index (χ0n) is 15.0. The molecule has 1 fully saturated rings. The normalized spacial score (nSPS) is 16.0. The van der Waals surface area contributed by atoms with E-state index in [1.54, 1.807) is 23.1 Å². The maximum atomic E-state index is 12.7. The molecule has 27 heavy (non-hydrogen) atoms. The van der Waals surface area contributed by atoms with E-state index in [0.29, 0.717) is 18.1 Å². The van der Waals surface area contributed by atoms with Crippen molar-refractivity contribution in [2.75, 3.05) is 26.2 Å². The Hall–Kier alpha value is -2.15. The van der Waals surface area contributed by atoms with Gasteiger partial charge in [-0.2, -0.15) is 4.31 Å². The first-order valence-corrected chi connectivity index (χ1v) is 10.5. The maximum Gasteiger partial charge on any atom is 0.246 e. The third kappa shape index (κ3) is 4.77. The summed E-state index contributed by atoms with van der Waals surface area (Å²) in [5.74, 6) is -0.111. The van der Waals surface area contributed by atoms with Gasteiger partial charge in [0.1, 0.15) is 0 Å². The average molecular weight is 405 g/mol. The highest BCUT2D eigenvalue weighted by Crippen LogP contribution is 2.20. The summed E-state index contributed by atoms with van der Waals surface area (Å²) in [6, 6.07) is 14.0. The number of hydrogen-bond acceptors (Lipinski definition) is 3. The first-order valence-electron chi connectivity index (χ1n) is 8.66. The molecule has 1 aliphatic heterocycles. The van der Waals surface area contributed by atoms with E-state index in [1.165, 1.54) is 22.5 Å². The van der Waals surface area contributed by atoms with Crippen molar-refractivity contribution in [2.45, 2.75) is 11.8 Å². The van der Waals surface area contributed by atoms with Crippen molar-refractivity contribution < 1.29 is 13.2 Å². The number of amides is 1. The van der Waals surface area contributed by atoms with Crippen LogP contribution in [0.25, 0.3) is 6.08 Å². The molecular weight excluding hydrogens is 384 g/mol. The van der Waals surface area contributed by atoms with Gasteiger partial charge in [0.2, 0.25) is 15.9 Å². The highest BCUT2D eigenvalue weighted by molar-refractivity contribution is 7.89. The Morgan fingerprint density at radius 3 is 2.33 bits per heavy atom. The Balaban J connectivity index is 1.61. The summed E-state index contributed by atoms with van der Waals surface area (Å²) in [6.45, 7) is 3.27. The molecule has 142 valence electrons. The number of carbonyl (C=O) groups is 1. The monoisotopic (exact) mass is 404 g/mol. The van der Waals surface area contributed by atoms with Gasteiger partial charge < -0.3 is 4.90 Å². The minimum absolute atomic E-state index is 0.111. The van der Waals surface area contributed by atoms with Gasteiger partial charge in [0.05, 0.1) is 4.90 Å². The number of halogens is 1. The van der Waals surface area contributed by atoms with E-state index in [9.17, 15) is 13.2 Å². The number of hydrogen-bond donors (Lipinski definition) is 0. The Morgan fingerprint density at radius 2 is 1.70 bits per heavy atom. The van der Waals surface area contributed by atoms with Gasteiger partial charge in [0, 0.05) is 37.3 Å². The standard InChI is InChI=1S/C20H21ClN2O3S/c1-16-3-2-4-17(15-16)5-10-20(24)22-11-13-23(14-12-22)27(25,26)19-8-6-18(21)7-9-19/h2-10,15H,11-14H2,1H3/b10-5+. The van der Waals surface area contributed by atoms with Gasteiger partial charge in [-0.15, -0.1) is 0 Å². The molecule has 2 aromatic carbocycles. The lowest BCUT2D eigenvalue weighted by Gasteiger charge is -2.33. The third-order valence-electron chi connectivity index (χ3n) is 4.46. The Bertz CT molecular complexity index is 947. The zero-order valence-corrected chi connectivity index (χ0v) is 16.6. The lowest BCUT2D eigenvalue weighted by molar-refractivity contribution is -0.127. The van der Waals surface area contributed by atoms with Crippen LogP contribution in [0, 0.1) is 6.92 Å². The van der Waals surface area contributed by atoms with Crippen LogP contribution in [0.15, 0.2) is 59.5 Å². The topological polar surface area (TPSA) is 57.7 Å². The van der Waals surface area contributed by atoms with Crippen LogP contribution in [0.1, 0.15) is 11.1 Å². The van der Waals surface area contributed by atoms with Crippen molar-refractivity contribution in [3.05, 3.63) is 70.8 Å². The zero-order chi connectivity index (χ0) is 19.4. The quantitative estimate of drug-likeness (QED) is 0.735. The molecule has 5 nitrogen and oxygen atoms in total. The molecule has 1 aliphatic rings. The van der Waals surface area contributed by atoms with Crippen molar-refractivity contribution in [2.24, 2.45) is 0 Å². The highest BCUT2D eigenvalue weighted by atomic mass is 35.5. The Morgan fingerprint density at radius 1 is 1.04 bits per heavy atom. The van der Waals surface area contributed by atoms with Crippen LogP contribution in [0.5, 0.6) is 0 Å². The molecule has 0 spiro atoms. The van der Waals surface area contributed by atoms with E-state index in [0.717, 1.165) is 11.1 Å². The molecule has 2 aromatic rings.